The van der Waals surface area contributed by atoms with E-state index < -0.39 is 5.54 Å². The molecule has 0 N–H and O–H groups in total. The van der Waals surface area contributed by atoms with Crippen LogP contribution in [0, 0.1) is 0 Å². The first-order valence-corrected chi connectivity index (χ1v) is 8.24. The molecule has 2 aliphatic rings. The Bertz CT molecular complexity index is 635. The van der Waals surface area contributed by atoms with E-state index in [9.17, 15) is 9.59 Å². The van der Waals surface area contributed by atoms with Crippen molar-refractivity contribution in [2.24, 2.45) is 0 Å². The zero-order chi connectivity index (χ0) is 15.9. The van der Waals surface area contributed by atoms with Gasteiger partial charge in [0.15, 0.2) is 0 Å². The molecule has 1 unspecified atom stereocenters. The second kappa shape index (κ2) is 5.74. The van der Waals surface area contributed by atoms with E-state index >= 15 is 0 Å². The van der Waals surface area contributed by atoms with Crippen molar-refractivity contribution in [2.75, 3.05) is 20.1 Å². The van der Waals surface area contributed by atoms with Gasteiger partial charge < -0.3 is 9.80 Å². The molecular weight excluding hydrogens is 323 g/mol. The van der Waals surface area contributed by atoms with Gasteiger partial charge in [-0.1, -0.05) is 29.3 Å². The summed E-state index contributed by atoms with van der Waals surface area (Å²) in [6, 6.07) is 5.03. The van der Waals surface area contributed by atoms with Gasteiger partial charge in [0.2, 0.25) is 5.91 Å². The van der Waals surface area contributed by atoms with E-state index in [0.717, 1.165) is 32.2 Å². The first-order chi connectivity index (χ1) is 10.5. The summed E-state index contributed by atoms with van der Waals surface area (Å²) in [7, 11) is 1.80. The molecule has 2 heterocycles. The van der Waals surface area contributed by atoms with Crippen LogP contribution in [0.3, 0.4) is 0 Å². The molecule has 4 nitrogen and oxygen atoms in total. The highest BCUT2D eigenvalue weighted by atomic mass is 35.5. The predicted octanol–water partition coefficient (Wildman–Crippen LogP) is 3.22. The molecule has 6 heteroatoms. The number of halogens is 2. The van der Waals surface area contributed by atoms with Gasteiger partial charge >= 0.3 is 0 Å². The van der Waals surface area contributed by atoms with Crippen molar-refractivity contribution in [3.8, 4) is 0 Å². The van der Waals surface area contributed by atoms with Crippen LogP contribution in [0.5, 0.6) is 0 Å². The highest BCUT2D eigenvalue weighted by Gasteiger charge is 2.52. The maximum absolute atomic E-state index is 13.0. The predicted molar refractivity (Wildman–Crippen MR) is 86.3 cm³/mol. The molecule has 3 rings (SSSR count). The Balaban J connectivity index is 1.98. The Morgan fingerprint density at radius 3 is 2.59 bits per heavy atom. The minimum Gasteiger partial charge on any atom is -0.344 e. The van der Waals surface area contributed by atoms with Crippen LogP contribution in [-0.2, 0) is 4.79 Å². The number of carbonyl (C=O) groups is 2. The topological polar surface area (TPSA) is 40.6 Å². The molecule has 2 amide bonds. The molecule has 2 fully saturated rings. The molecule has 2 saturated heterocycles. The summed E-state index contributed by atoms with van der Waals surface area (Å²) in [4.78, 5) is 29.1. The van der Waals surface area contributed by atoms with Gasteiger partial charge in [-0.25, -0.2) is 0 Å². The third-order valence-corrected chi connectivity index (χ3v) is 5.56. The van der Waals surface area contributed by atoms with E-state index in [-0.39, 0.29) is 16.8 Å². The molecule has 0 bridgehead atoms. The fourth-order valence-electron chi connectivity index (χ4n) is 3.64. The lowest BCUT2D eigenvalue weighted by Gasteiger charge is -2.43. The molecule has 1 spiro atoms. The minimum absolute atomic E-state index is 0.0442. The largest absolute Gasteiger partial charge is 0.344 e. The average molecular weight is 341 g/mol. The molecule has 2 aliphatic heterocycles. The lowest BCUT2D eigenvalue weighted by molar-refractivity contribution is -0.144. The summed E-state index contributed by atoms with van der Waals surface area (Å²) in [5.41, 5.74) is -0.327. The van der Waals surface area contributed by atoms with Gasteiger partial charge in [-0.2, -0.15) is 0 Å². The number of hydrogen-bond acceptors (Lipinski definition) is 2. The zero-order valence-corrected chi connectivity index (χ0v) is 14.0. The van der Waals surface area contributed by atoms with Gasteiger partial charge in [0.1, 0.15) is 5.54 Å². The first kappa shape index (κ1) is 15.6. The van der Waals surface area contributed by atoms with Crippen molar-refractivity contribution in [2.45, 2.75) is 31.2 Å². The number of piperidine rings is 1. The second-order valence-corrected chi connectivity index (χ2v) is 6.81. The van der Waals surface area contributed by atoms with E-state index in [4.69, 9.17) is 23.2 Å². The zero-order valence-electron chi connectivity index (χ0n) is 12.4. The molecule has 0 saturated carbocycles. The van der Waals surface area contributed by atoms with Gasteiger partial charge in [0.25, 0.3) is 5.91 Å². The number of likely N-dealkylation sites (tertiary alicyclic amines) is 2. The average Bonchev–Trinajstić information content (AvgIpc) is 2.91. The molecule has 1 aromatic carbocycles. The molecule has 118 valence electrons. The van der Waals surface area contributed by atoms with Crippen LogP contribution in [-0.4, -0.2) is 47.3 Å². The smallest absolute Gasteiger partial charge is 0.256 e. The van der Waals surface area contributed by atoms with Crippen LogP contribution >= 0.6 is 23.2 Å². The SMILES string of the molecule is CN1CCCC2(CCCN2C(=O)c2cccc(Cl)c2Cl)C1=O. The molecular formula is C16H18Cl2N2O2. The van der Waals surface area contributed by atoms with Crippen molar-refractivity contribution in [1.29, 1.82) is 0 Å². The fraction of sp³-hybridized carbons (Fsp3) is 0.500. The number of amides is 2. The second-order valence-electron chi connectivity index (χ2n) is 6.02. The normalized spacial score (nSPS) is 25.1. The van der Waals surface area contributed by atoms with Gasteiger partial charge in [-0.15, -0.1) is 0 Å². The van der Waals surface area contributed by atoms with E-state index in [2.05, 4.69) is 0 Å². The van der Waals surface area contributed by atoms with Crippen molar-refractivity contribution < 1.29 is 9.59 Å². The lowest BCUT2D eigenvalue weighted by Crippen LogP contribution is -2.60. The monoisotopic (exact) mass is 340 g/mol. The van der Waals surface area contributed by atoms with Crippen molar-refractivity contribution >= 4 is 35.0 Å². The van der Waals surface area contributed by atoms with E-state index in [1.54, 1.807) is 35.0 Å². The van der Waals surface area contributed by atoms with Gasteiger partial charge in [0.05, 0.1) is 15.6 Å². The Morgan fingerprint density at radius 2 is 1.86 bits per heavy atom. The summed E-state index contributed by atoms with van der Waals surface area (Å²) >= 11 is 12.2. The van der Waals surface area contributed by atoms with Crippen LogP contribution in [0.25, 0.3) is 0 Å². The Kier molecular flexibility index (Phi) is 4.08. The van der Waals surface area contributed by atoms with Crippen LogP contribution < -0.4 is 0 Å². The maximum atomic E-state index is 13.0. The Morgan fingerprint density at radius 1 is 1.18 bits per heavy atom. The Hall–Kier alpha value is -1.26. The standard InChI is InChI=1S/C16H18Cl2N2O2/c1-19-9-3-7-16(15(19)22)8-4-10-20(16)14(21)11-5-2-6-12(17)13(11)18/h2,5-6H,3-4,7-10H2,1H3. The third kappa shape index (κ3) is 2.29. The van der Waals surface area contributed by atoms with Crippen LogP contribution in [0.15, 0.2) is 18.2 Å². The highest BCUT2D eigenvalue weighted by molar-refractivity contribution is 6.43. The quantitative estimate of drug-likeness (QED) is 0.787. The molecule has 22 heavy (non-hydrogen) atoms. The van der Waals surface area contributed by atoms with Crippen LogP contribution in [0.4, 0.5) is 0 Å². The molecule has 1 atom stereocenters. The van der Waals surface area contributed by atoms with E-state index in [1.807, 2.05) is 0 Å². The van der Waals surface area contributed by atoms with Crippen LogP contribution in [0.2, 0.25) is 10.0 Å². The van der Waals surface area contributed by atoms with E-state index in [1.165, 1.54) is 0 Å². The molecule has 0 aliphatic carbocycles. The minimum atomic E-state index is -0.699. The van der Waals surface area contributed by atoms with Gasteiger partial charge in [-0.05, 0) is 37.8 Å². The summed E-state index contributed by atoms with van der Waals surface area (Å²) in [5, 5.41) is 0.612. The first-order valence-electron chi connectivity index (χ1n) is 7.49. The number of carbonyl (C=O) groups excluding carboxylic acids is 2. The number of rotatable bonds is 1. The summed E-state index contributed by atoms with van der Waals surface area (Å²) in [6.45, 7) is 1.34. The van der Waals surface area contributed by atoms with Gasteiger partial charge in [-0.3, -0.25) is 9.59 Å². The molecule has 0 radical (unpaired) electrons. The fourth-order valence-corrected chi connectivity index (χ4v) is 4.03. The van der Waals surface area contributed by atoms with Gasteiger partial charge in [0, 0.05) is 20.1 Å². The number of likely N-dealkylation sites (N-methyl/N-ethyl adjacent to an activating group) is 1. The summed E-state index contributed by atoms with van der Waals surface area (Å²) in [6.07, 6.45) is 3.19. The number of hydrogen-bond donors (Lipinski definition) is 0. The molecule has 1 aromatic rings. The van der Waals surface area contributed by atoms with Crippen molar-refractivity contribution in [3.63, 3.8) is 0 Å². The summed E-state index contributed by atoms with van der Waals surface area (Å²) < 4.78 is 0. The number of nitrogens with zero attached hydrogens (tertiary/aromatic N) is 2. The highest BCUT2D eigenvalue weighted by Crippen LogP contribution is 2.39. The Labute approximate surface area is 140 Å². The number of benzene rings is 1. The lowest BCUT2D eigenvalue weighted by atomic mass is 9.85. The van der Waals surface area contributed by atoms with Crippen LogP contribution in [0.1, 0.15) is 36.0 Å². The third-order valence-electron chi connectivity index (χ3n) is 4.74. The van der Waals surface area contributed by atoms with E-state index in [0.29, 0.717) is 17.1 Å². The van der Waals surface area contributed by atoms with Crippen molar-refractivity contribution in [3.05, 3.63) is 33.8 Å². The molecule has 0 aromatic heterocycles. The summed E-state index contributed by atoms with van der Waals surface area (Å²) in [5.74, 6) is -0.156. The maximum Gasteiger partial charge on any atom is 0.256 e. The van der Waals surface area contributed by atoms with Crippen molar-refractivity contribution in [1.82, 2.24) is 9.80 Å².